The van der Waals surface area contributed by atoms with Crippen molar-refractivity contribution < 1.29 is 9.90 Å². The Hall–Kier alpha value is -2.79. The predicted octanol–water partition coefficient (Wildman–Crippen LogP) is 6.11. The lowest BCUT2D eigenvalue weighted by atomic mass is 9.98. The number of carboxylic acids is 1. The van der Waals surface area contributed by atoms with Crippen molar-refractivity contribution in [3.63, 3.8) is 0 Å². The molecule has 0 aliphatic heterocycles. The summed E-state index contributed by atoms with van der Waals surface area (Å²) in [5.41, 5.74) is 3.57. The highest BCUT2D eigenvalue weighted by atomic mass is 35.5. The summed E-state index contributed by atoms with van der Waals surface area (Å²) in [5, 5.41) is 10.0. The van der Waals surface area contributed by atoms with Gasteiger partial charge in [0.05, 0.1) is 17.8 Å². The van der Waals surface area contributed by atoms with Crippen LogP contribution in [0.2, 0.25) is 5.15 Å². The van der Waals surface area contributed by atoms with Crippen LogP contribution in [0, 0.1) is 5.92 Å². The lowest BCUT2D eigenvalue weighted by molar-refractivity contribution is 0.0697. The third kappa shape index (κ3) is 5.33. The molecule has 0 aliphatic carbocycles. The number of rotatable bonds is 10. The smallest absolute Gasteiger partial charge is 0.336 e. The lowest BCUT2D eigenvalue weighted by Crippen LogP contribution is -2.26. The molecule has 5 nitrogen and oxygen atoms in total. The van der Waals surface area contributed by atoms with Gasteiger partial charge in [-0.25, -0.2) is 9.59 Å². The molecule has 0 fully saturated rings. The zero-order chi connectivity index (χ0) is 23.3. The molecule has 2 aromatic carbocycles. The minimum Gasteiger partial charge on any atom is -0.478 e. The second-order valence-electron chi connectivity index (χ2n) is 8.59. The summed E-state index contributed by atoms with van der Waals surface area (Å²) in [5.74, 6) is -0.434. The summed E-state index contributed by atoms with van der Waals surface area (Å²) in [6.45, 7) is 7.49. The first-order chi connectivity index (χ1) is 15.3. The van der Waals surface area contributed by atoms with Gasteiger partial charge >= 0.3 is 11.7 Å². The van der Waals surface area contributed by atoms with E-state index >= 15 is 0 Å². The standard InChI is InChI=1S/C26H31ClN2O3/c1-4-5-16-28-24(27)23(15-10-18(2)3)29(26(28)32)17-19-11-13-20(14-12-19)21-8-6-7-9-22(21)25(30)31/h6-9,11-14,18H,4-5,10,15-17H2,1-3H3,(H,30,31). The van der Waals surface area contributed by atoms with Crippen molar-refractivity contribution in [2.24, 2.45) is 5.92 Å². The van der Waals surface area contributed by atoms with Gasteiger partial charge in [-0.05, 0) is 47.9 Å². The van der Waals surface area contributed by atoms with Crippen LogP contribution in [0.25, 0.3) is 11.1 Å². The van der Waals surface area contributed by atoms with Crippen LogP contribution in [0.5, 0.6) is 0 Å². The van der Waals surface area contributed by atoms with Gasteiger partial charge in [-0.2, -0.15) is 0 Å². The van der Waals surface area contributed by atoms with Crippen molar-refractivity contribution in [1.82, 2.24) is 9.13 Å². The van der Waals surface area contributed by atoms with E-state index in [2.05, 4.69) is 20.8 Å². The number of aromatic carboxylic acids is 1. The molecule has 1 N–H and O–H groups in total. The minimum absolute atomic E-state index is 0.0671. The highest BCUT2D eigenvalue weighted by Crippen LogP contribution is 2.25. The maximum atomic E-state index is 13.1. The Morgan fingerprint density at radius 3 is 2.38 bits per heavy atom. The number of imidazole rings is 1. The zero-order valence-corrected chi connectivity index (χ0v) is 19.7. The third-order valence-electron chi connectivity index (χ3n) is 5.72. The first-order valence-electron chi connectivity index (χ1n) is 11.2. The number of aromatic nitrogens is 2. The van der Waals surface area contributed by atoms with Crippen LogP contribution in [0.3, 0.4) is 0 Å². The molecule has 0 atom stereocenters. The van der Waals surface area contributed by atoms with E-state index in [-0.39, 0.29) is 11.3 Å². The fourth-order valence-electron chi connectivity index (χ4n) is 3.84. The van der Waals surface area contributed by atoms with Crippen LogP contribution in [-0.4, -0.2) is 20.2 Å². The first kappa shape index (κ1) is 23.9. The molecule has 0 radical (unpaired) electrons. The topological polar surface area (TPSA) is 64.2 Å². The van der Waals surface area contributed by atoms with Gasteiger partial charge < -0.3 is 5.11 Å². The fourth-order valence-corrected chi connectivity index (χ4v) is 4.20. The number of benzene rings is 2. The summed E-state index contributed by atoms with van der Waals surface area (Å²) in [4.78, 5) is 24.7. The Balaban J connectivity index is 1.93. The van der Waals surface area contributed by atoms with Crippen molar-refractivity contribution in [3.8, 4) is 11.1 Å². The highest BCUT2D eigenvalue weighted by Gasteiger charge is 2.19. The molecule has 0 amide bonds. The monoisotopic (exact) mass is 454 g/mol. The average molecular weight is 455 g/mol. The van der Waals surface area contributed by atoms with Crippen molar-refractivity contribution in [3.05, 3.63) is 81.0 Å². The molecule has 0 saturated heterocycles. The Morgan fingerprint density at radius 2 is 1.75 bits per heavy atom. The number of halogens is 1. The maximum Gasteiger partial charge on any atom is 0.336 e. The maximum absolute atomic E-state index is 13.1. The fraction of sp³-hybridized carbons (Fsp3) is 0.385. The molecule has 0 saturated carbocycles. The van der Waals surface area contributed by atoms with E-state index in [9.17, 15) is 14.7 Å². The van der Waals surface area contributed by atoms with Crippen molar-refractivity contribution in [2.45, 2.75) is 59.5 Å². The molecule has 32 heavy (non-hydrogen) atoms. The summed E-state index contributed by atoms with van der Waals surface area (Å²) >= 11 is 6.66. The number of carboxylic acid groups (broad SMARTS) is 1. The molecule has 6 heteroatoms. The van der Waals surface area contributed by atoms with Crippen LogP contribution in [0.15, 0.2) is 53.3 Å². The number of nitrogens with zero attached hydrogens (tertiary/aromatic N) is 2. The molecule has 3 aromatic rings. The molecule has 3 rings (SSSR count). The Labute approximate surface area is 194 Å². The SMILES string of the molecule is CCCCn1c(Cl)c(CCC(C)C)n(Cc2ccc(-c3ccccc3C(=O)O)cc2)c1=O. The predicted molar refractivity (Wildman–Crippen MR) is 130 cm³/mol. The van der Waals surface area contributed by atoms with E-state index in [4.69, 9.17) is 11.6 Å². The van der Waals surface area contributed by atoms with Gasteiger partial charge in [0, 0.05) is 6.54 Å². The number of hydrogen-bond donors (Lipinski definition) is 1. The Bertz CT molecular complexity index is 1130. The summed E-state index contributed by atoms with van der Waals surface area (Å²) in [6, 6.07) is 14.7. The summed E-state index contributed by atoms with van der Waals surface area (Å²) in [6.07, 6.45) is 3.62. The van der Waals surface area contributed by atoms with Crippen molar-refractivity contribution >= 4 is 17.6 Å². The van der Waals surface area contributed by atoms with Gasteiger partial charge in [0.25, 0.3) is 0 Å². The van der Waals surface area contributed by atoms with Gasteiger partial charge in [0.1, 0.15) is 5.15 Å². The van der Waals surface area contributed by atoms with Gasteiger partial charge in [0.2, 0.25) is 0 Å². The quantitative estimate of drug-likeness (QED) is 0.402. The van der Waals surface area contributed by atoms with Gasteiger partial charge in [-0.15, -0.1) is 0 Å². The summed E-state index contributed by atoms with van der Waals surface area (Å²) < 4.78 is 3.48. The molecule has 1 heterocycles. The number of carbonyl (C=O) groups is 1. The van der Waals surface area contributed by atoms with E-state index in [1.807, 2.05) is 30.3 Å². The molecule has 0 spiro atoms. The number of unbranched alkanes of at least 4 members (excludes halogenated alkanes) is 1. The molecule has 0 unspecified atom stereocenters. The van der Waals surface area contributed by atoms with Gasteiger partial charge in [-0.3, -0.25) is 9.13 Å². The van der Waals surface area contributed by atoms with E-state index < -0.39 is 5.97 Å². The van der Waals surface area contributed by atoms with E-state index in [1.54, 1.807) is 27.3 Å². The van der Waals surface area contributed by atoms with E-state index in [0.717, 1.165) is 42.5 Å². The normalized spacial score (nSPS) is 11.3. The zero-order valence-electron chi connectivity index (χ0n) is 19.0. The van der Waals surface area contributed by atoms with Crippen LogP contribution in [0.1, 0.15) is 61.6 Å². The van der Waals surface area contributed by atoms with Crippen LogP contribution in [-0.2, 0) is 19.5 Å². The Kier molecular flexibility index (Phi) is 7.97. The Morgan fingerprint density at radius 1 is 1.06 bits per heavy atom. The highest BCUT2D eigenvalue weighted by molar-refractivity contribution is 6.30. The second kappa shape index (κ2) is 10.7. The minimum atomic E-state index is -0.950. The summed E-state index contributed by atoms with van der Waals surface area (Å²) in [7, 11) is 0. The van der Waals surface area contributed by atoms with Crippen molar-refractivity contribution in [2.75, 3.05) is 0 Å². The van der Waals surface area contributed by atoms with Crippen LogP contribution >= 0.6 is 11.6 Å². The van der Waals surface area contributed by atoms with Crippen LogP contribution < -0.4 is 5.69 Å². The van der Waals surface area contributed by atoms with E-state index in [1.165, 1.54) is 0 Å². The molecule has 1 aromatic heterocycles. The molecule has 0 aliphatic rings. The van der Waals surface area contributed by atoms with E-state index in [0.29, 0.717) is 29.7 Å². The van der Waals surface area contributed by atoms with Gasteiger partial charge in [0.15, 0.2) is 0 Å². The molecular formula is C26H31ClN2O3. The average Bonchev–Trinajstić information content (AvgIpc) is 3.00. The molecule has 170 valence electrons. The number of hydrogen-bond acceptors (Lipinski definition) is 2. The first-order valence-corrected chi connectivity index (χ1v) is 11.6. The third-order valence-corrected chi connectivity index (χ3v) is 6.14. The van der Waals surface area contributed by atoms with Crippen LogP contribution in [0.4, 0.5) is 0 Å². The largest absolute Gasteiger partial charge is 0.478 e. The second-order valence-corrected chi connectivity index (χ2v) is 8.95. The van der Waals surface area contributed by atoms with Gasteiger partial charge in [-0.1, -0.05) is 81.3 Å². The lowest BCUT2D eigenvalue weighted by Gasteiger charge is -2.11. The molecular weight excluding hydrogens is 424 g/mol. The van der Waals surface area contributed by atoms with Crippen molar-refractivity contribution in [1.29, 1.82) is 0 Å². The molecule has 0 bridgehead atoms.